The predicted molar refractivity (Wildman–Crippen MR) is 69.4 cm³/mol. The van der Waals surface area contributed by atoms with Crippen LogP contribution in [0, 0.1) is 5.82 Å². The van der Waals surface area contributed by atoms with E-state index in [4.69, 9.17) is 5.11 Å². The smallest absolute Gasteiger partial charge is 0.338 e. The molecule has 2 aromatic rings. The Kier molecular flexibility index (Phi) is 3.58. The fourth-order valence-corrected chi connectivity index (χ4v) is 2.34. The van der Waals surface area contributed by atoms with Crippen molar-refractivity contribution in [2.75, 3.05) is 5.75 Å². The lowest BCUT2D eigenvalue weighted by molar-refractivity contribution is 0.0692. The maximum atomic E-state index is 13.6. The van der Waals surface area contributed by atoms with Crippen LogP contribution in [0.2, 0.25) is 0 Å². The molecule has 1 aromatic carbocycles. The molecule has 0 aliphatic heterocycles. The maximum absolute atomic E-state index is 13.6. The molecule has 1 aromatic heterocycles. The average molecular weight is 298 g/mol. The van der Waals surface area contributed by atoms with Crippen LogP contribution in [-0.4, -0.2) is 34.4 Å². The standard InChI is InChI=1S/C12H11FN2O4S/c1-2-20(18,19)15-7-9(6-14-15)8-3-4-10(12(16)17)11(13)5-8/h3-7H,2H2,1H3,(H,16,17). The molecule has 1 heterocycles. The topological polar surface area (TPSA) is 89.3 Å². The van der Waals surface area contributed by atoms with E-state index in [2.05, 4.69) is 5.10 Å². The Balaban J connectivity index is 2.43. The zero-order chi connectivity index (χ0) is 14.9. The first kappa shape index (κ1) is 14.2. The zero-order valence-electron chi connectivity index (χ0n) is 10.4. The van der Waals surface area contributed by atoms with Gasteiger partial charge >= 0.3 is 5.97 Å². The number of nitrogens with zero attached hydrogens (tertiary/aromatic N) is 2. The summed E-state index contributed by atoms with van der Waals surface area (Å²) in [4.78, 5) is 10.7. The molecule has 8 heteroatoms. The summed E-state index contributed by atoms with van der Waals surface area (Å²) >= 11 is 0. The molecule has 6 nitrogen and oxygen atoms in total. The molecule has 0 unspecified atom stereocenters. The molecule has 0 saturated carbocycles. The second-order valence-electron chi connectivity index (χ2n) is 4.00. The van der Waals surface area contributed by atoms with Crippen LogP contribution in [0.5, 0.6) is 0 Å². The van der Waals surface area contributed by atoms with Gasteiger partial charge < -0.3 is 5.11 Å². The van der Waals surface area contributed by atoms with Crippen molar-refractivity contribution >= 4 is 16.0 Å². The second kappa shape index (κ2) is 5.04. The summed E-state index contributed by atoms with van der Waals surface area (Å²) in [7, 11) is -3.50. The molecule has 0 atom stereocenters. The molecule has 0 spiro atoms. The third-order valence-electron chi connectivity index (χ3n) is 2.74. The molecule has 20 heavy (non-hydrogen) atoms. The van der Waals surface area contributed by atoms with Gasteiger partial charge in [-0.1, -0.05) is 6.07 Å². The number of aromatic carboxylic acids is 1. The van der Waals surface area contributed by atoms with Gasteiger partial charge in [-0.2, -0.15) is 9.19 Å². The summed E-state index contributed by atoms with van der Waals surface area (Å²) in [5.41, 5.74) is 0.297. The van der Waals surface area contributed by atoms with Crippen LogP contribution in [0.15, 0.2) is 30.6 Å². The van der Waals surface area contributed by atoms with E-state index in [0.717, 1.165) is 16.2 Å². The van der Waals surface area contributed by atoms with Crippen molar-refractivity contribution < 1.29 is 22.7 Å². The van der Waals surface area contributed by atoms with E-state index in [1.54, 1.807) is 0 Å². The molecular formula is C12H11FN2O4S. The summed E-state index contributed by atoms with van der Waals surface area (Å²) in [6, 6.07) is 3.55. The highest BCUT2D eigenvalue weighted by Gasteiger charge is 2.15. The van der Waals surface area contributed by atoms with E-state index in [-0.39, 0.29) is 5.75 Å². The second-order valence-corrected chi connectivity index (χ2v) is 6.12. The normalized spacial score (nSPS) is 11.5. The van der Waals surface area contributed by atoms with Crippen LogP contribution < -0.4 is 0 Å². The number of carboxylic acid groups (broad SMARTS) is 1. The van der Waals surface area contributed by atoms with Crippen LogP contribution in [0.1, 0.15) is 17.3 Å². The quantitative estimate of drug-likeness (QED) is 0.925. The number of rotatable bonds is 4. The van der Waals surface area contributed by atoms with Crippen molar-refractivity contribution in [1.82, 2.24) is 9.19 Å². The molecular weight excluding hydrogens is 287 g/mol. The molecule has 1 N–H and O–H groups in total. The monoisotopic (exact) mass is 298 g/mol. The van der Waals surface area contributed by atoms with Gasteiger partial charge in [-0.3, -0.25) is 0 Å². The zero-order valence-corrected chi connectivity index (χ0v) is 11.3. The van der Waals surface area contributed by atoms with Crippen molar-refractivity contribution in [2.45, 2.75) is 6.92 Å². The van der Waals surface area contributed by atoms with Gasteiger partial charge in [0.2, 0.25) is 0 Å². The van der Waals surface area contributed by atoms with Crippen molar-refractivity contribution in [3.63, 3.8) is 0 Å². The Morgan fingerprint density at radius 1 is 1.40 bits per heavy atom. The van der Waals surface area contributed by atoms with E-state index < -0.39 is 27.4 Å². The Labute approximate surface area is 114 Å². The van der Waals surface area contributed by atoms with E-state index in [0.29, 0.717) is 11.1 Å². The van der Waals surface area contributed by atoms with Crippen LogP contribution in [0.25, 0.3) is 11.1 Å². The number of benzene rings is 1. The lowest BCUT2D eigenvalue weighted by Crippen LogP contribution is -2.14. The number of hydrogen-bond donors (Lipinski definition) is 1. The largest absolute Gasteiger partial charge is 0.478 e. The Morgan fingerprint density at radius 2 is 2.10 bits per heavy atom. The Hall–Kier alpha value is -2.22. The van der Waals surface area contributed by atoms with Crippen molar-refractivity contribution in [3.8, 4) is 11.1 Å². The summed E-state index contributed by atoms with van der Waals surface area (Å²) in [6.07, 6.45) is 2.54. The number of aromatic nitrogens is 2. The van der Waals surface area contributed by atoms with Crippen molar-refractivity contribution in [1.29, 1.82) is 0 Å². The first-order chi connectivity index (χ1) is 9.35. The first-order valence-electron chi connectivity index (χ1n) is 5.66. The number of hydrogen-bond acceptors (Lipinski definition) is 4. The number of carboxylic acids is 1. The van der Waals surface area contributed by atoms with Gasteiger partial charge in [-0.15, -0.1) is 0 Å². The fourth-order valence-electron chi connectivity index (χ4n) is 1.61. The van der Waals surface area contributed by atoms with Gasteiger partial charge in [-0.25, -0.2) is 17.6 Å². The van der Waals surface area contributed by atoms with E-state index >= 15 is 0 Å². The highest BCUT2D eigenvalue weighted by Crippen LogP contribution is 2.22. The third kappa shape index (κ3) is 2.55. The third-order valence-corrected chi connectivity index (χ3v) is 4.24. The molecule has 0 aliphatic rings. The summed E-state index contributed by atoms with van der Waals surface area (Å²) in [6.45, 7) is 1.48. The molecule has 0 amide bonds. The molecule has 0 fully saturated rings. The highest BCUT2D eigenvalue weighted by molar-refractivity contribution is 7.89. The molecule has 106 valence electrons. The Bertz CT molecular complexity index is 768. The van der Waals surface area contributed by atoms with Gasteiger partial charge in [0.05, 0.1) is 23.7 Å². The minimum atomic E-state index is -3.50. The van der Waals surface area contributed by atoms with Gasteiger partial charge in [0.15, 0.2) is 0 Å². The lowest BCUT2D eigenvalue weighted by atomic mass is 10.1. The van der Waals surface area contributed by atoms with Gasteiger partial charge in [0.25, 0.3) is 10.0 Å². The minimum absolute atomic E-state index is 0.111. The molecule has 0 aliphatic carbocycles. The van der Waals surface area contributed by atoms with Crippen LogP contribution in [-0.2, 0) is 10.0 Å². The van der Waals surface area contributed by atoms with E-state index in [1.807, 2.05) is 0 Å². The Morgan fingerprint density at radius 3 is 2.65 bits per heavy atom. The van der Waals surface area contributed by atoms with E-state index in [1.165, 1.54) is 25.4 Å². The minimum Gasteiger partial charge on any atom is -0.478 e. The maximum Gasteiger partial charge on any atom is 0.338 e. The fraction of sp³-hybridized carbons (Fsp3) is 0.167. The molecule has 0 bridgehead atoms. The summed E-state index contributed by atoms with van der Waals surface area (Å²) in [5.74, 6) is -2.36. The van der Waals surface area contributed by atoms with Crippen molar-refractivity contribution in [3.05, 3.63) is 42.0 Å². The average Bonchev–Trinajstić information content (AvgIpc) is 2.88. The first-order valence-corrected chi connectivity index (χ1v) is 7.27. The van der Waals surface area contributed by atoms with Gasteiger partial charge in [0, 0.05) is 5.56 Å². The van der Waals surface area contributed by atoms with E-state index in [9.17, 15) is 17.6 Å². The number of halogens is 1. The van der Waals surface area contributed by atoms with Crippen LogP contribution in [0.4, 0.5) is 4.39 Å². The van der Waals surface area contributed by atoms with Gasteiger partial charge in [0.1, 0.15) is 5.82 Å². The SMILES string of the molecule is CCS(=O)(=O)n1cc(-c2ccc(C(=O)O)c(F)c2)cn1. The van der Waals surface area contributed by atoms with Gasteiger partial charge in [-0.05, 0) is 24.6 Å². The lowest BCUT2D eigenvalue weighted by Gasteiger charge is -2.01. The summed E-state index contributed by atoms with van der Waals surface area (Å²) < 4.78 is 37.6. The predicted octanol–water partition coefficient (Wildman–Crippen LogP) is 1.59. The molecule has 0 saturated heterocycles. The van der Waals surface area contributed by atoms with Crippen LogP contribution in [0.3, 0.4) is 0 Å². The van der Waals surface area contributed by atoms with Crippen LogP contribution >= 0.6 is 0 Å². The highest BCUT2D eigenvalue weighted by atomic mass is 32.2. The molecule has 0 radical (unpaired) electrons. The van der Waals surface area contributed by atoms with Crippen molar-refractivity contribution in [2.24, 2.45) is 0 Å². The summed E-state index contributed by atoms with van der Waals surface area (Å²) in [5, 5.41) is 12.4. The number of carbonyl (C=O) groups is 1. The molecule has 2 rings (SSSR count).